The van der Waals surface area contributed by atoms with Gasteiger partial charge in [-0.2, -0.15) is 0 Å². The molecule has 0 saturated carbocycles. The van der Waals surface area contributed by atoms with Crippen molar-refractivity contribution in [3.8, 4) is 0 Å². The first-order chi connectivity index (χ1) is 5.49. The average Bonchev–Trinajstić information content (AvgIpc) is 1.85. The van der Waals surface area contributed by atoms with Crippen LogP contribution in [0.25, 0.3) is 0 Å². The second-order valence-electron chi connectivity index (χ2n) is 3.32. The van der Waals surface area contributed by atoms with Crippen LogP contribution in [-0.4, -0.2) is 11.7 Å². The van der Waals surface area contributed by atoms with Crippen LogP contribution in [0.15, 0.2) is 34.9 Å². The normalized spacial score (nSPS) is 12.1. The minimum Gasteiger partial charge on any atom is -0.392 e. The molecule has 0 amide bonds. The fraction of sp³-hybridized carbons (Fsp3) is 0.455. The molecule has 1 nitrogen and oxygen atoms in total. The first kappa shape index (κ1) is 11.2. The van der Waals surface area contributed by atoms with Crippen molar-refractivity contribution < 1.29 is 5.11 Å². The fourth-order valence-electron chi connectivity index (χ4n) is 1.12. The van der Waals surface area contributed by atoms with E-state index < -0.39 is 0 Å². The third-order valence-electron chi connectivity index (χ3n) is 1.65. The third-order valence-corrected chi connectivity index (χ3v) is 1.65. The molecular weight excluding hydrogens is 148 g/mol. The Labute approximate surface area is 75.1 Å². The van der Waals surface area contributed by atoms with E-state index in [1.165, 1.54) is 5.57 Å². The lowest BCUT2D eigenvalue weighted by molar-refractivity contribution is 0.332. The molecule has 0 aliphatic carbocycles. The highest BCUT2D eigenvalue weighted by Crippen LogP contribution is 2.14. The van der Waals surface area contributed by atoms with Gasteiger partial charge in [0.15, 0.2) is 0 Å². The Bertz CT molecular complexity index is 227. The summed E-state index contributed by atoms with van der Waals surface area (Å²) in [6, 6.07) is 0. The van der Waals surface area contributed by atoms with E-state index in [4.69, 9.17) is 5.11 Å². The van der Waals surface area contributed by atoms with Gasteiger partial charge in [-0.3, -0.25) is 0 Å². The molecule has 0 heterocycles. The lowest BCUT2D eigenvalue weighted by atomic mass is 10.0. The van der Waals surface area contributed by atoms with Gasteiger partial charge in [0, 0.05) is 0 Å². The summed E-state index contributed by atoms with van der Waals surface area (Å²) in [6.07, 6.45) is 2.06. The summed E-state index contributed by atoms with van der Waals surface area (Å²) in [5.74, 6) is 0. The topological polar surface area (TPSA) is 20.2 Å². The number of aliphatic hydroxyl groups is 1. The van der Waals surface area contributed by atoms with Crippen LogP contribution in [0.4, 0.5) is 0 Å². The maximum absolute atomic E-state index is 9.03. The van der Waals surface area contributed by atoms with Crippen molar-refractivity contribution in [1.29, 1.82) is 0 Å². The smallest absolute Gasteiger partial charge is 0.0686 e. The van der Waals surface area contributed by atoms with Crippen LogP contribution in [-0.2, 0) is 0 Å². The maximum Gasteiger partial charge on any atom is 0.0686 e. The van der Waals surface area contributed by atoms with E-state index in [2.05, 4.69) is 12.7 Å². The molecule has 1 N–H and O–H groups in total. The molecule has 0 aliphatic heterocycles. The van der Waals surface area contributed by atoms with Gasteiger partial charge < -0.3 is 5.11 Å². The molecule has 12 heavy (non-hydrogen) atoms. The molecule has 0 atom stereocenters. The predicted octanol–water partition coefficient (Wildman–Crippen LogP) is 2.84. The van der Waals surface area contributed by atoms with Crippen molar-refractivity contribution in [3.05, 3.63) is 34.9 Å². The zero-order valence-corrected chi connectivity index (χ0v) is 8.44. The zero-order valence-electron chi connectivity index (χ0n) is 8.44. The van der Waals surface area contributed by atoms with Crippen LogP contribution in [0, 0.1) is 0 Å². The number of rotatable bonds is 3. The Morgan fingerprint density at radius 1 is 1.25 bits per heavy atom. The van der Waals surface area contributed by atoms with Crippen LogP contribution in [0.5, 0.6) is 0 Å². The molecule has 0 unspecified atom stereocenters. The van der Waals surface area contributed by atoms with Gasteiger partial charge in [0.05, 0.1) is 6.61 Å². The number of hydrogen-bond acceptors (Lipinski definition) is 1. The Hall–Kier alpha value is -0.820. The second-order valence-corrected chi connectivity index (χ2v) is 3.32. The van der Waals surface area contributed by atoms with Crippen LogP contribution in [0.1, 0.15) is 27.7 Å². The van der Waals surface area contributed by atoms with Crippen molar-refractivity contribution in [3.63, 3.8) is 0 Å². The van der Waals surface area contributed by atoms with Crippen LogP contribution >= 0.6 is 0 Å². The van der Waals surface area contributed by atoms with Crippen molar-refractivity contribution in [2.75, 3.05) is 6.61 Å². The molecule has 1 heteroatoms. The molecule has 0 aromatic heterocycles. The Morgan fingerprint density at radius 3 is 2.00 bits per heavy atom. The fourth-order valence-corrected chi connectivity index (χ4v) is 1.12. The first-order valence-corrected chi connectivity index (χ1v) is 4.10. The first-order valence-electron chi connectivity index (χ1n) is 4.10. The lowest BCUT2D eigenvalue weighted by Crippen LogP contribution is -1.94. The lowest BCUT2D eigenvalue weighted by Gasteiger charge is -2.06. The van der Waals surface area contributed by atoms with E-state index in [1.54, 1.807) is 0 Å². The van der Waals surface area contributed by atoms with Gasteiger partial charge in [-0.25, -0.2) is 0 Å². The van der Waals surface area contributed by atoms with Crippen molar-refractivity contribution >= 4 is 0 Å². The number of aliphatic hydroxyl groups excluding tert-OH is 1. The minimum absolute atomic E-state index is 0.0744. The van der Waals surface area contributed by atoms with Crippen LogP contribution in [0.2, 0.25) is 0 Å². The van der Waals surface area contributed by atoms with E-state index in [0.717, 1.165) is 16.7 Å². The van der Waals surface area contributed by atoms with Gasteiger partial charge in [0.1, 0.15) is 0 Å². The van der Waals surface area contributed by atoms with Crippen LogP contribution < -0.4 is 0 Å². The monoisotopic (exact) mass is 166 g/mol. The summed E-state index contributed by atoms with van der Waals surface area (Å²) >= 11 is 0. The molecule has 0 aromatic carbocycles. The highest BCUT2D eigenvalue weighted by atomic mass is 16.3. The molecule has 0 rings (SSSR count). The van der Waals surface area contributed by atoms with E-state index in [1.807, 2.05) is 27.7 Å². The number of hydrogen-bond donors (Lipinski definition) is 1. The highest BCUT2D eigenvalue weighted by Gasteiger charge is 1.99. The van der Waals surface area contributed by atoms with Gasteiger partial charge in [0.2, 0.25) is 0 Å². The third kappa shape index (κ3) is 3.54. The zero-order chi connectivity index (χ0) is 9.72. The Morgan fingerprint density at radius 2 is 1.75 bits per heavy atom. The van der Waals surface area contributed by atoms with Gasteiger partial charge in [0.25, 0.3) is 0 Å². The summed E-state index contributed by atoms with van der Waals surface area (Å²) in [5.41, 5.74) is 4.22. The van der Waals surface area contributed by atoms with Gasteiger partial charge >= 0.3 is 0 Å². The molecule has 0 radical (unpaired) electrons. The summed E-state index contributed by atoms with van der Waals surface area (Å²) in [5, 5.41) is 9.03. The van der Waals surface area contributed by atoms with E-state index in [0.29, 0.717) is 0 Å². The van der Waals surface area contributed by atoms with Gasteiger partial charge in [-0.1, -0.05) is 23.8 Å². The van der Waals surface area contributed by atoms with Crippen molar-refractivity contribution in [2.45, 2.75) is 27.7 Å². The van der Waals surface area contributed by atoms with E-state index in [9.17, 15) is 0 Å². The van der Waals surface area contributed by atoms with Crippen molar-refractivity contribution in [1.82, 2.24) is 0 Å². The van der Waals surface area contributed by atoms with Crippen molar-refractivity contribution in [2.24, 2.45) is 0 Å². The summed E-state index contributed by atoms with van der Waals surface area (Å²) < 4.78 is 0. The van der Waals surface area contributed by atoms with Gasteiger partial charge in [-0.15, -0.1) is 0 Å². The maximum atomic E-state index is 9.03. The molecule has 0 fully saturated rings. The molecule has 68 valence electrons. The van der Waals surface area contributed by atoms with E-state index >= 15 is 0 Å². The molecule has 0 saturated heterocycles. The predicted molar refractivity (Wildman–Crippen MR) is 54.0 cm³/mol. The quantitative estimate of drug-likeness (QED) is 0.639. The second kappa shape index (κ2) is 4.94. The number of allylic oxidation sites excluding steroid dienone is 3. The molecule has 0 spiro atoms. The molecule has 0 aromatic rings. The summed E-state index contributed by atoms with van der Waals surface area (Å²) in [7, 11) is 0. The standard InChI is InChI=1S/C11H18O/c1-8(2)6-10(5)11(7-12)9(3)4/h6,12H,3,7H2,1-2,4-5H3/b11-10-. The summed E-state index contributed by atoms with van der Waals surface area (Å²) in [4.78, 5) is 0. The SMILES string of the molecule is C=C(C)/C(CO)=C(/C)C=C(C)C. The Kier molecular flexibility index (Phi) is 4.60. The molecule has 0 aliphatic rings. The van der Waals surface area contributed by atoms with Crippen LogP contribution in [0.3, 0.4) is 0 Å². The van der Waals surface area contributed by atoms with E-state index in [-0.39, 0.29) is 6.61 Å². The highest BCUT2D eigenvalue weighted by molar-refractivity contribution is 5.37. The molecular formula is C11H18O. The largest absolute Gasteiger partial charge is 0.392 e. The summed E-state index contributed by atoms with van der Waals surface area (Å²) in [6.45, 7) is 11.9. The molecule has 0 bridgehead atoms. The average molecular weight is 166 g/mol. The van der Waals surface area contributed by atoms with Gasteiger partial charge in [-0.05, 0) is 38.8 Å². The minimum atomic E-state index is 0.0744. The Balaban J connectivity index is 4.85.